The smallest absolute Gasteiger partial charge is 0.329 e. The number of nitrogens with zero attached hydrogens (tertiary/aromatic N) is 3. The van der Waals surface area contributed by atoms with Crippen LogP contribution in [0.25, 0.3) is 0 Å². The third-order valence-electron chi connectivity index (χ3n) is 4.28. The molecule has 2 aromatic rings. The molecule has 2 heterocycles. The lowest BCUT2D eigenvalue weighted by Gasteiger charge is -2.29. The Morgan fingerprint density at radius 1 is 1.25 bits per heavy atom. The largest absolute Gasteiger partial charge is 0.417 e. The maximum atomic E-state index is 13.0. The van der Waals surface area contributed by atoms with Gasteiger partial charge in [0.25, 0.3) is 5.91 Å². The Kier molecular flexibility index (Phi) is 4.07. The van der Waals surface area contributed by atoms with E-state index in [1.807, 2.05) is 18.4 Å². The van der Waals surface area contributed by atoms with Crippen LogP contribution in [0.2, 0.25) is 5.02 Å². The van der Waals surface area contributed by atoms with E-state index in [-0.39, 0.29) is 12.1 Å². The summed E-state index contributed by atoms with van der Waals surface area (Å²) in [5, 5.41) is -0.559. The van der Waals surface area contributed by atoms with Crippen LogP contribution in [0.15, 0.2) is 18.2 Å². The van der Waals surface area contributed by atoms with Gasteiger partial charge in [-0.2, -0.15) is 13.2 Å². The van der Waals surface area contributed by atoms with Crippen molar-refractivity contribution in [2.45, 2.75) is 33.1 Å². The van der Waals surface area contributed by atoms with Gasteiger partial charge in [0.15, 0.2) is 0 Å². The first kappa shape index (κ1) is 16.8. The molecule has 1 amide bonds. The summed E-state index contributed by atoms with van der Waals surface area (Å²) in [5.74, 6) is 0.211. The number of hydrogen-bond acceptors (Lipinski definition) is 2. The van der Waals surface area contributed by atoms with Crippen LogP contribution in [0, 0.1) is 13.8 Å². The lowest BCUT2D eigenvalue weighted by Crippen LogP contribution is -2.38. The quantitative estimate of drug-likeness (QED) is 0.778. The zero-order valence-electron chi connectivity index (χ0n) is 13.1. The molecule has 0 N–H and O–H groups in total. The summed E-state index contributed by atoms with van der Waals surface area (Å²) in [5.41, 5.74) is 0.783. The van der Waals surface area contributed by atoms with Gasteiger partial charge in [0, 0.05) is 18.8 Å². The van der Waals surface area contributed by atoms with E-state index >= 15 is 0 Å². The molecule has 128 valence electrons. The van der Waals surface area contributed by atoms with E-state index in [0.717, 1.165) is 23.3 Å². The van der Waals surface area contributed by atoms with Gasteiger partial charge >= 0.3 is 6.18 Å². The number of imidazole rings is 1. The Morgan fingerprint density at radius 3 is 2.62 bits per heavy atom. The molecule has 1 aromatic carbocycles. The lowest BCUT2D eigenvalue weighted by atomic mass is 10.1. The van der Waals surface area contributed by atoms with E-state index in [0.29, 0.717) is 13.1 Å². The Balaban J connectivity index is 1.91. The molecule has 0 radical (unpaired) electrons. The van der Waals surface area contributed by atoms with Crippen LogP contribution in [-0.4, -0.2) is 26.9 Å². The van der Waals surface area contributed by atoms with Crippen LogP contribution in [0.1, 0.15) is 33.1 Å². The van der Waals surface area contributed by atoms with Crippen molar-refractivity contribution in [3.05, 3.63) is 51.6 Å². The maximum Gasteiger partial charge on any atom is 0.417 e. The SMILES string of the molecule is Cc1nc2n(c1C)CCN(C(=O)c1cccc(C(F)(F)F)c1Cl)C2. The second-order valence-corrected chi connectivity index (χ2v) is 6.12. The molecule has 1 aliphatic heterocycles. The van der Waals surface area contributed by atoms with Crippen LogP contribution in [0.4, 0.5) is 13.2 Å². The van der Waals surface area contributed by atoms with Gasteiger partial charge in [-0.1, -0.05) is 17.7 Å². The number of carbonyl (C=O) groups excluding carboxylic acids is 1. The van der Waals surface area contributed by atoms with Crippen LogP contribution in [-0.2, 0) is 19.3 Å². The number of benzene rings is 1. The van der Waals surface area contributed by atoms with Crippen molar-refractivity contribution < 1.29 is 18.0 Å². The molecule has 0 saturated heterocycles. The predicted octanol–water partition coefficient (Wildman–Crippen LogP) is 3.83. The zero-order chi connectivity index (χ0) is 17.6. The van der Waals surface area contributed by atoms with Gasteiger partial charge in [0.05, 0.1) is 28.4 Å². The van der Waals surface area contributed by atoms with Crippen molar-refractivity contribution in [2.75, 3.05) is 6.54 Å². The van der Waals surface area contributed by atoms with E-state index in [1.165, 1.54) is 17.0 Å². The number of fused-ring (bicyclic) bond motifs is 1. The van der Waals surface area contributed by atoms with E-state index in [2.05, 4.69) is 4.98 Å². The average molecular weight is 358 g/mol. The molecule has 0 aliphatic carbocycles. The van der Waals surface area contributed by atoms with E-state index in [1.54, 1.807) is 0 Å². The molecule has 3 rings (SSSR count). The van der Waals surface area contributed by atoms with Crippen LogP contribution >= 0.6 is 11.6 Å². The molecule has 0 saturated carbocycles. The number of hydrogen-bond donors (Lipinski definition) is 0. The lowest BCUT2D eigenvalue weighted by molar-refractivity contribution is -0.137. The van der Waals surface area contributed by atoms with Gasteiger partial charge in [-0.3, -0.25) is 4.79 Å². The van der Waals surface area contributed by atoms with Crippen molar-refractivity contribution in [2.24, 2.45) is 0 Å². The molecule has 0 fully saturated rings. The van der Waals surface area contributed by atoms with Crippen LogP contribution < -0.4 is 0 Å². The maximum absolute atomic E-state index is 13.0. The summed E-state index contributed by atoms with van der Waals surface area (Å²) in [6.45, 7) is 5.04. The molecular weight excluding hydrogens is 343 g/mol. The highest BCUT2D eigenvalue weighted by atomic mass is 35.5. The molecule has 8 heteroatoms. The van der Waals surface area contributed by atoms with Gasteiger partial charge in [0.2, 0.25) is 0 Å². The number of halogens is 4. The van der Waals surface area contributed by atoms with Gasteiger partial charge in [-0.15, -0.1) is 0 Å². The third-order valence-corrected chi connectivity index (χ3v) is 4.69. The summed E-state index contributed by atoms with van der Waals surface area (Å²) >= 11 is 5.85. The first-order chi connectivity index (χ1) is 11.2. The predicted molar refractivity (Wildman–Crippen MR) is 82.9 cm³/mol. The number of rotatable bonds is 1. The zero-order valence-corrected chi connectivity index (χ0v) is 13.9. The summed E-state index contributed by atoms with van der Waals surface area (Å²) in [6.07, 6.45) is -4.60. The van der Waals surface area contributed by atoms with Crippen molar-refractivity contribution >= 4 is 17.5 Å². The fourth-order valence-corrected chi connectivity index (χ4v) is 3.19. The number of aromatic nitrogens is 2. The van der Waals surface area contributed by atoms with Crippen LogP contribution in [0.3, 0.4) is 0 Å². The van der Waals surface area contributed by atoms with Gasteiger partial charge < -0.3 is 9.47 Å². The first-order valence-electron chi connectivity index (χ1n) is 7.37. The molecular formula is C16H15ClF3N3O. The molecule has 4 nitrogen and oxygen atoms in total. The van der Waals surface area contributed by atoms with Crippen molar-refractivity contribution in [1.82, 2.24) is 14.5 Å². The summed E-state index contributed by atoms with van der Waals surface area (Å²) in [4.78, 5) is 18.5. The number of carbonyl (C=O) groups is 1. The number of alkyl halides is 3. The summed E-state index contributed by atoms with van der Waals surface area (Å²) < 4.78 is 40.9. The minimum absolute atomic E-state index is 0.139. The molecule has 0 unspecified atom stereocenters. The highest BCUT2D eigenvalue weighted by Crippen LogP contribution is 2.36. The molecule has 1 aromatic heterocycles. The van der Waals surface area contributed by atoms with E-state index in [4.69, 9.17) is 11.6 Å². The van der Waals surface area contributed by atoms with E-state index < -0.39 is 22.7 Å². The number of amides is 1. The normalized spacial score (nSPS) is 14.7. The van der Waals surface area contributed by atoms with Crippen molar-refractivity contribution in [3.63, 3.8) is 0 Å². The average Bonchev–Trinajstić information content (AvgIpc) is 2.80. The third kappa shape index (κ3) is 2.77. The first-order valence-corrected chi connectivity index (χ1v) is 7.75. The number of aryl methyl sites for hydroxylation is 1. The summed E-state index contributed by atoms with van der Waals surface area (Å²) in [7, 11) is 0. The fourth-order valence-electron chi connectivity index (χ4n) is 2.87. The monoisotopic (exact) mass is 357 g/mol. The molecule has 0 spiro atoms. The fraction of sp³-hybridized carbons (Fsp3) is 0.375. The highest BCUT2D eigenvalue weighted by Gasteiger charge is 2.35. The minimum Gasteiger partial charge on any atom is -0.329 e. The Bertz CT molecular complexity index is 814. The molecule has 24 heavy (non-hydrogen) atoms. The molecule has 1 aliphatic rings. The van der Waals surface area contributed by atoms with Gasteiger partial charge in [0.1, 0.15) is 5.82 Å². The topological polar surface area (TPSA) is 38.1 Å². The Morgan fingerprint density at radius 2 is 1.96 bits per heavy atom. The van der Waals surface area contributed by atoms with Crippen molar-refractivity contribution in [3.8, 4) is 0 Å². The van der Waals surface area contributed by atoms with Crippen molar-refractivity contribution in [1.29, 1.82) is 0 Å². The van der Waals surface area contributed by atoms with Gasteiger partial charge in [-0.25, -0.2) is 4.98 Å². The highest BCUT2D eigenvalue weighted by molar-refractivity contribution is 6.34. The molecule has 0 atom stereocenters. The van der Waals surface area contributed by atoms with Gasteiger partial charge in [-0.05, 0) is 26.0 Å². The standard InChI is InChI=1S/C16H15ClF3N3O/c1-9-10(2)23-7-6-22(8-13(23)21-9)15(24)11-4-3-5-12(14(11)17)16(18,19)20/h3-5H,6-8H2,1-2H3. The Labute approximate surface area is 141 Å². The minimum atomic E-state index is -4.60. The summed E-state index contributed by atoms with van der Waals surface area (Å²) in [6, 6.07) is 3.38. The second kappa shape index (κ2) is 5.81. The van der Waals surface area contributed by atoms with E-state index in [9.17, 15) is 18.0 Å². The molecule has 0 bridgehead atoms. The Hall–Kier alpha value is -2.02. The van der Waals surface area contributed by atoms with Crippen LogP contribution in [0.5, 0.6) is 0 Å². The second-order valence-electron chi connectivity index (χ2n) is 5.74.